The zero-order chi connectivity index (χ0) is 10.8. The molecule has 0 spiro atoms. The van der Waals surface area contributed by atoms with Crippen LogP contribution in [0.1, 0.15) is 11.2 Å². The van der Waals surface area contributed by atoms with E-state index in [9.17, 15) is 9.59 Å². The van der Waals surface area contributed by atoms with Gasteiger partial charge in [0.1, 0.15) is 6.33 Å². The Bertz CT molecular complexity index is 374. The molecule has 0 unspecified atom stereocenters. The second kappa shape index (κ2) is 3.72. The lowest BCUT2D eigenvalue weighted by Gasteiger charge is -2.11. The predicted octanol–water partition coefficient (Wildman–Crippen LogP) is 0.523. The summed E-state index contributed by atoms with van der Waals surface area (Å²) in [6.07, 6.45) is 4.17. The first kappa shape index (κ1) is 9.70. The van der Waals surface area contributed by atoms with Gasteiger partial charge in [0.25, 0.3) is 0 Å². The number of carbonyl (C=O) groups excluding carboxylic acids is 1. The second-order valence-electron chi connectivity index (χ2n) is 3.52. The fraction of sp³-hybridized carbons (Fsp3) is 0.444. The van der Waals surface area contributed by atoms with Gasteiger partial charge in [0.15, 0.2) is 0 Å². The van der Waals surface area contributed by atoms with Gasteiger partial charge < -0.3 is 10.0 Å². The Hall–Kier alpha value is -1.85. The lowest BCUT2D eigenvalue weighted by atomic mass is 10.1. The normalized spacial score (nSPS) is 20.5. The maximum absolute atomic E-state index is 11.8. The zero-order valence-corrected chi connectivity index (χ0v) is 8.04. The van der Waals surface area contributed by atoms with Gasteiger partial charge >= 0.3 is 6.09 Å². The topological polar surface area (TPSA) is 75.4 Å². The van der Waals surface area contributed by atoms with Crippen molar-refractivity contribution in [3.63, 3.8) is 0 Å². The maximum atomic E-state index is 11.8. The van der Waals surface area contributed by atoms with Gasteiger partial charge in [-0.1, -0.05) is 0 Å². The van der Waals surface area contributed by atoms with Crippen molar-refractivity contribution in [3.05, 3.63) is 18.7 Å². The molecule has 2 rings (SSSR count). The van der Waals surface area contributed by atoms with E-state index in [0.717, 1.165) is 0 Å². The molecule has 1 aliphatic rings. The van der Waals surface area contributed by atoms with Gasteiger partial charge in [-0.15, -0.1) is 0 Å². The molecule has 1 N–H and O–H groups in total. The van der Waals surface area contributed by atoms with Crippen LogP contribution in [-0.2, 0) is 0 Å². The van der Waals surface area contributed by atoms with E-state index in [1.807, 2.05) is 0 Å². The van der Waals surface area contributed by atoms with Crippen molar-refractivity contribution in [1.29, 1.82) is 0 Å². The van der Waals surface area contributed by atoms with E-state index in [1.165, 1.54) is 22.0 Å². The Morgan fingerprint density at radius 2 is 2.27 bits per heavy atom. The Morgan fingerprint density at radius 3 is 2.80 bits per heavy atom. The molecule has 0 aliphatic carbocycles. The highest BCUT2D eigenvalue weighted by Gasteiger charge is 2.31. The van der Waals surface area contributed by atoms with E-state index >= 15 is 0 Å². The summed E-state index contributed by atoms with van der Waals surface area (Å²) in [5.41, 5.74) is 0. The number of hydrogen-bond acceptors (Lipinski definition) is 3. The highest BCUT2D eigenvalue weighted by atomic mass is 16.4. The van der Waals surface area contributed by atoms with Crippen LogP contribution in [0.3, 0.4) is 0 Å². The Balaban J connectivity index is 2.02. The van der Waals surface area contributed by atoms with E-state index in [4.69, 9.17) is 5.11 Å². The van der Waals surface area contributed by atoms with E-state index in [1.54, 1.807) is 6.20 Å². The molecule has 1 atom stereocenters. The number of aromatic nitrogens is 2. The summed E-state index contributed by atoms with van der Waals surface area (Å²) >= 11 is 0. The molecular weight excluding hydrogens is 198 g/mol. The van der Waals surface area contributed by atoms with Crippen LogP contribution in [0, 0.1) is 5.92 Å². The fourth-order valence-electron chi connectivity index (χ4n) is 1.74. The lowest BCUT2D eigenvalue weighted by Crippen LogP contribution is -2.29. The minimum atomic E-state index is -0.962. The summed E-state index contributed by atoms with van der Waals surface area (Å²) in [4.78, 5) is 27.5. The van der Waals surface area contributed by atoms with E-state index < -0.39 is 6.09 Å². The highest BCUT2D eigenvalue weighted by Crippen LogP contribution is 2.17. The van der Waals surface area contributed by atoms with Gasteiger partial charge in [0, 0.05) is 25.5 Å². The van der Waals surface area contributed by atoms with Crippen LogP contribution in [0.5, 0.6) is 0 Å². The smallest absolute Gasteiger partial charge is 0.407 e. The van der Waals surface area contributed by atoms with Crippen LogP contribution in [0.15, 0.2) is 18.7 Å². The second-order valence-corrected chi connectivity index (χ2v) is 3.52. The fourth-order valence-corrected chi connectivity index (χ4v) is 1.74. The summed E-state index contributed by atoms with van der Waals surface area (Å²) in [5.74, 6) is -0.327. The molecule has 1 saturated heterocycles. The molecule has 1 aromatic heterocycles. The molecule has 0 aromatic carbocycles. The van der Waals surface area contributed by atoms with Gasteiger partial charge in [0.05, 0.1) is 5.92 Å². The molecule has 15 heavy (non-hydrogen) atoms. The van der Waals surface area contributed by atoms with Gasteiger partial charge in [0.2, 0.25) is 5.91 Å². The molecule has 6 heteroatoms. The van der Waals surface area contributed by atoms with Crippen molar-refractivity contribution < 1.29 is 14.7 Å². The van der Waals surface area contributed by atoms with Crippen LogP contribution in [0.2, 0.25) is 0 Å². The van der Waals surface area contributed by atoms with Crippen LogP contribution < -0.4 is 0 Å². The molecule has 80 valence electrons. The number of imidazole rings is 1. The Kier molecular flexibility index (Phi) is 2.40. The average molecular weight is 209 g/mol. The maximum Gasteiger partial charge on any atom is 0.407 e. The summed E-state index contributed by atoms with van der Waals surface area (Å²) < 4.78 is 1.40. The Labute approximate surface area is 86.1 Å². The van der Waals surface area contributed by atoms with Crippen molar-refractivity contribution in [2.24, 2.45) is 5.92 Å². The van der Waals surface area contributed by atoms with Gasteiger partial charge in [-0.2, -0.15) is 0 Å². The third kappa shape index (κ3) is 1.83. The first-order valence-electron chi connectivity index (χ1n) is 4.68. The third-order valence-electron chi connectivity index (χ3n) is 2.57. The van der Waals surface area contributed by atoms with Gasteiger partial charge in [-0.25, -0.2) is 9.78 Å². The average Bonchev–Trinajstić information content (AvgIpc) is 2.88. The van der Waals surface area contributed by atoms with Crippen LogP contribution in [0.4, 0.5) is 4.79 Å². The molecule has 2 heterocycles. The lowest BCUT2D eigenvalue weighted by molar-refractivity contribution is 0.0837. The Morgan fingerprint density at radius 1 is 1.47 bits per heavy atom. The minimum Gasteiger partial charge on any atom is -0.465 e. The summed E-state index contributed by atoms with van der Waals surface area (Å²) in [5, 5.41) is 8.74. The predicted molar refractivity (Wildman–Crippen MR) is 50.6 cm³/mol. The monoisotopic (exact) mass is 209 g/mol. The van der Waals surface area contributed by atoms with Crippen molar-refractivity contribution in [1.82, 2.24) is 14.5 Å². The molecular formula is C9H11N3O3. The summed E-state index contributed by atoms with van der Waals surface area (Å²) in [7, 11) is 0. The number of likely N-dealkylation sites (tertiary alicyclic amines) is 1. The van der Waals surface area contributed by atoms with E-state index in [2.05, 4.69) is 4.98 Å². The van der Waals surface area contributed by atoms with Crippen molar-refractivity contribution in [2.75, 3.05) is 13.1 Å². The first-order chi connectivity index (χ1) is 7.18. The van der Waals surface area contributed by atoms with E-state index in [0.29, 0.717) is 13.0 Å². The first-order valence-corrected chi connectivity index (χ1v) is 4.68. The van der Waals surface area contributed by atoms with Gasteiger partial charge in [-0.05, 0) is 6.42 Å². The number of carboxylic acid groups (broad SMARTS) is 1. The van der Waals surface area contributed by atoms with Crippen molar-refractivity contribution >= 4 is 12.0 Å². The van der Waals surface area contributed by atoms with Crippen molar-refractivity contribution in [3.8, 4) is 0 Å². The molecule has 1 amide bonds. The van der Waals surface area contributed by atoms with Crippen LogP contribution >= 0.6 is 0 Å². The third-order valence-corrected chi connectivity index (χ3v) is 2.57. The molecule has 0 bridgehead atoms. The molecule has 1 aromatic rings. The SMILES string of the molecule is O=C(O)N1CC[C@@H](C(=O)n2ccnc2)C1. The number of carbonyl (C=O) groups is 2. The standard InChI is InChI=1S/C9H11N3O3/c13-8(12-4-2-10-6-12)7-1-3-11(5-7)9(14)15/h2,4,6-7H,1,3,5H2,(H,14,15)/t7-/m1/s1. The number of rotatable bonds is 1. The molecule has 6 nitrogen and oxygen atoms in total. The summed E-state index contributed by atoms with van der Waals surface area (Å²) in [6.45, 7) is 0.715. The molecule has 1 aliphatic heterocycles. The van der Waals surface area contributed by atoms with Crippen LogP contribution in [0.25, 0.3) is 0 Å². The number of hydrogen-bond donors (Lipinski definition) is 1. The van der Waals surface area contributed by atoms with Crippen LogP contribution in [-0.4, -0.2) is 44.6 Å². The molecule has 1 fully saturated rings. The van der Waals surface area contributed by atoms with E-state index in [-0.39, 0.29) is 18.4 Å². The zero-order valence-electron chi connectivity index (χ0n) is 8.04. The molecule has 0 radical (unpaired) electrons. The number of nitrogens with zero attached hydrogens (tertiary/aromatic N) is 3. The van der Waals surface area contributed by atoms with Crippen molar-refractivity contribution in [2.45, 2.75) is 6.42 Å². The quantitative estimate of drug-likeness (QED) is 0.731. The molecule has 0 saturated carbocycles. The highest BCUT2D eigenvalue weighted by molar-refractivity contribution is 5.82. The van der Waals surface area contributed by atoms with Gasteiger partial charge in [-0.3, -0.25) is 9.36 Å². The largest absolute Gasteiger partial charge is 0.465 e. The minimum absolute atomic E-state index is 0.0868. The number of amides is 1. The summed E-state index contributed by atoms with van der Waals surface area (Å²) in [6, 6.07) is 0.